The van der Waals surface area contributed by atoms with E-state index in [4.69, 9.17) is 0 Å². The maximum atomic E-state index is 10.9. The molecule has 1 aromatic rings. The van der Waals surface area contributed by atoms with E-state index in [0.717, 1.165) is 37.8 Å². The molecule has 20 heavy (non-hydrogen) atoms. The molecule has 2 N–H and O–H groups in total. The number of hydrogen-bond donors (Lipinski definition) is 2. The molecule has 5 heteroatoms. The highest BCUT2D eigenvalue weighted by molar-refractivity contribution is 5.42. The lowest BCUT2D eigenvalue weighted by Crippen LogP contribution is -2.27. The molecule has 1 aliphatic rings. The standard InChI is InChI=1S/C15H22N2O3/c1-11-2-3-13(8-15(11)17(19)20)10-16-9-12-4-6-14(18)7-5-12/h2-3,8,12,14,16,18H,4-7,9-10H2,1H3. The molecule has 0 spiro atoms. The van der Waals surface area contributed by atoms with Gasteiger partial charge in [-0.25, -0.2) is 0 Å². The summed E-state index contributed by atoms with van der Waals surface area (Å²) in [5.41, 5.74) is 1.82. The van der Waals surface area contributed by atoms with Crippen molar-refractivity contribution in [1.29, 1.82) is 0 Å². The first-order valence-electron chi connectivity index (χ1n) is 7.19. The third-order valence-electron chi connectivity index (χ3n) is 4.05. The predicted octanol–water partition coefficient (Wildman–Crippen LogP) is 2.54. The van der Waals surface area contributed by atoms with Gasteiger partial charge in [0.25, 0.3) is 5.69 Å². The molecule has 1 saturated carbocycles. The van der Waals surface area contributed by atoms with Crippen LogP contribution in [0, 0.1) is 23.0 Å². The van der Waals surface area contributed by atoms with Gasteiger partial charge in [-0.1, -0.05) is 12.1 Å². The zero-order valence-corrected chi connectivity index (χ0v) is 11.8. The zero-order valence-electron chi connectivity index (χ0n) is 11.8. The summed E-state index contributed by atoms with van der Waals surface area (Å²) in [7, 11) is 0. The van der Waals surface area contributed by atoms with Crippen LogP contribution in [0.5, 0.6) is 0 Å². The van der Waals surface area contributed by atoms with Gasteiger partial charge in [-0.05, 0) is 50.6 Å². The Morgan fingerprint density at radius 1 is 1.35 bits per heavy atom. The summed E-state index contributed by atoms with van der Waals surface area (Å²) < 4.78 is 0. The van der Waals surface area contributed by atoms with Gasteiger partial charge in [0.05, 0.1) is 11.0 Å². The zero-order chi connectivity index (χ0) is 14.5. The van der Waals surface area contributed by atoms with Crippen molar-refractivity contribution < 1.29 is 10.0 Å². The summed E-state index contributed by atoms with van der Waals surface area (Å²) in [4.78, 5) is 10.6. The molecule has 1 fully saturated rings. The van der Waals surface area contributed by atoms with Gasteiger partial charge in [0.15, 0.2) is 0 Å². The van der Waals surface area contributed by atoms with Crippen molar-refractivity contribution >= 4 is 5.69 Å². The Balaban J connectivity index is 1.82. The quantitative estimate of drug-likeness (QED) is 0.641. The largest absolute Gasteiger partial charge is 0.393 e. The third-order valence-corrected chi connectivity index (χ3v) is 4.05. The van der Waals surface area contributed by atoms with Crippen molar-refractivity contribution in [2.75, 3.05) is 6.54 Å². The lowest BCUT2D eigenvalue weighted by molar-refractivity contribution is -0.385. The van der Waals surface area contributed by atoms with Gasteiger partial charge < -0.3 is 10.4 Å². The van der Waals surface area contributed by atoms with Crippen LogP contribution in [0.2, 0.25) is 0 Å². The van der Waals surface area contributed by atoms with Crippen LogP contribution in [-0.2, 0) is 6.54 Å². The number of nitrogens with one attached hydrogen (secondary N) is 1. The maximum Gasteiger partial charge on any atom is 0.272 e. The molecule has 0 aliphatic heterocycles. The Kier molecular flexibility index (Phi) is 5.09. The highest BCUT2D eigenvalue weighted by Gasteiger charge is 2.18. The van der Waals surface area contributed by atoms with Crippen LogP contribution in [-0.4, -0.2) is 22.7 Å². The van der Waals surface area contributed by atoms with Gasteiger partial charge in [-0.2, -0.15) is 0 Å². The molecule has 0 unspecified atom stereocenters. The van der Waals surface area contributed by atoms with Gasteiger partial charge in [-0.3, -0.25) is 10.1 Å². The van der Waals surface area contributed by atoms with Crippen molar-refractivity contribution in [1.82, 2.24) is 5.32 Å². The second-order valence-corrected chi connectivity index (χ2v) is 5.68. The number of aryl methyl sites for hydroxylation is 1. The topological polar surface area (TPSA) is 75.4 Å². The minimum atomic E-state index is -0.332. The number of aliphatic hydroxyl groups is 1. The number of nitro groups is 1. The minimum Gasteiger partial charge on any atom is -0.393 e. The number of rotatable bonds is 5. The van der Waals surface area contributed by atoms with Crippen LogP contribution in [0.25, 0.3) is 0 Å². The molecule has 0 aromatic heterocycles. The Morgan fingerprint density at radius 2 is 2.05 bits per heavy atom. The maximum absolute atomic E-state index is 10.9. The van der Waals surface area contributed by atoms with Crippen molar-refractivity contribution in [3.05, 3.63) is 39.4 Å². The van der Waals surface area contributed by atoms with E-state index in [1.807, 2.05) is 6.07 Å². The first-order chi connectivity index (χ1) is 9.56. The van der Waals surface area contributed by atoms with Crippen LogP contribution in [0.3, 0.4) is 0 Å². The van der Waals surface area contributed by atoms with Gasteiger partial charge in [0, 0.05) is 18.2 Å². The van der Waals surface area contributed by atoms with E-state index in [0.29, 0.717) is 18.0 Å². The van der Waals surface area contributed by atoms with Crippen LogP contribution >= 0.6 is 0 Å². The van der Waals surface area contributed by atoms with Gasteiger partial charge in [-0.15, -0.1) is 0 Å². The van der Waals surface area contributed by atoms with E-state index < -0.39 is 0 Å². The summed E-state index contributed by atoms with van der Waals surface area (Å²) in [5.74, 6) is 0.610. The van der Waals surface area contributed by atoms with E-state index in [9.17, 15) is 15.2 Å². The van der Waals surface area contributed by atoms with Crippen LogP contribution < -0.4 is 5.32 Å². The lowest BCUT2D eigenvalue weighted by atomic mass is 9.87. The van der Waals surface area contributed by atoms with E-state index in [1.165, 1.54) is 0 Å². The SMILES string of the molecule is Cc1ccc(CNCC2CCC(O)CC2)cc1[N+](=O)[O-]. The summed E-state index contributed by atoms with van der Waals surface area (Å²) in [6.07, 6.45) is 3.78. The fourth-order valence-electron chi connectivity index (χ4n) is 2.73. The van der Waals surface area contributed by atoms with Gasteiger partial charge >= 0.3 is 0 Å². The average Bonchev–Trinajstić information content (AvgIpc) is 2.42. The van der Waals surface area contributed by atoms with Crippen molar-refractivity contribution in [2.24, 2.45) is 5.92 Å². The number of nitro benzene ring substituents is 1. The van der Waals surface area contributed by atoms with E-state index >= 15 is 0 Å². The number of hydrogen-bond acceptors (Lipinski definition) is 4. The van der Waals surface area contributed by atoms with Crippen molar-refractivity contribution in [3.63, 3.8) is 0 Å². The summed E-state index contributed by atoms with van der Waals surface area (Å²) in [6.45, 7) is 3.32. The van der Waals surface area contributed by atoms with Crippen molar-refractivity contribution in [3.8, 4) is 0 Å². The second-order valence-electron chi connectivity index (χ2n) is 5.68. The fraction of sp³-hybridized carbons (Fsp3) is 0.600. The molecule has 0 atom stereocenters. The molecule has 0 radical (unpaired) electrons. The Labute approximate surface area is 119 Å². The van der Waals surface area contributed by atoms with Crippen LogP contribution in [0.15, 0.2) is 18.2 Å². The molecule has 110 valence electrons. The molecule has 0 amide bonds. The molecule has 0 heterocycles. The number of nitrogens with zero attached hydrogens (tertiary/aromatic N) is 1. The number of aliphatic hydroxyl groups excluding tert-OH is 1. The van der Waals surface area contributed by atoms with Crippen LogP contribution in [0.4, 0.5) is 5.69 Å². The minimum absolute atomic E-state index is 0.119. The highest BCUT2D eigenvalue weighted by Crippen LogP contribution is 2.24. The summed E-state index contributed by atoms with van der Waals surface area (Å²) in [6, 6.07) is 5.37. The molecular formula is C15H22N2O3. The van der Waals surface area contributed by atoms with Crippen LogP contribution in [0.1, 0.15) is 36.8 Å². The summed E-state index contributed by atoms with van der Waals surface area (Å²) >= 11 is 0. The summed E-state index contributed by atoms with van der Waals surface area (Å²) in [5, 5.41) is 23.7. The Hall–Kier alpha value is -1.46. The number of benzene rings is 1. The molecular weight excluding hydrogens is 256 g/mol. The van der Waals surface area contributed by atoms with Crippen molar-refractivity contribution in [2.45, 2.75) is 45.3 Å². The first kappa shape index (κ1) is 14.9. The highest BCUT2D eigenvalue weighted by atomic mass is 16.6. The predicted molar refractivity (Wildman–Crippen MR) is 77.5 cm³/mol. The van der Waals surface area contributed by atoms with E-state index in [1.54, 1.807) is 19.1 Å². The van der Waals surface area contributed by atoms with E-state index in [-0.39, 0.29) is 16.7 Å². The molecule has 1 aliphatic carbocycles. The third kappa shape index (κ3) is 4.02. The van der Waals surface area contributed by atoms with Gasteiger partial charge in [0.1, 0.15) is 0 Å². The molecule has 2 rings (SSSR count). The Morgan fingerprint density at radius 3 is 2.70 bits per heavy atom. The van der Waals surface area contributed by atoms with Gasteiger partial charge in [0.2, 0.25) is 0 Å². The van der Waals surface area contributed by atoms with E-state index in [2.05, 4.69) is 5.32 Å². The normalized spacial score (nSPS) is 22.7. The molecule has 1 aromatic carbocycles. The first-order valence-corrected chi connectivity index (χ1v) is 7.19. The fourth-order valence-corrected chi connectivity index (χ4v) is 2.73. The Bertz CT molecular complexity index is 468. The monoisotopic (exact) mass is 278 g/mol. The average molecular weight is 278 g/mol. The molecule has 0 bridgehead atoms. The lowest BCUT2D eigenvalue weighted by Gasteiger charge is -2.25. The molecule has 0 saturated heterocycles. The smallest absolute Gasteiger partial charge is 0.272 e. The second kappa shape index (κ2) is 6.81. The molecule has 5 nitrogen and oxygen atoms in total.